The molecule has 184 valence electrons. The Hall–Kier alpha value is -2.35. The molecule has 0 heterocycles. The van der Waals surface area contributed by atoms with E-state index in [1.807, 2.05) is 12.1 Å². The minimum absolute atomic E-state index is 0.210. The van der Waals surface area contributed by atoms with Crippen molar-refractivity contribution in [2.75, 3.05) is 0 Å². The van der Waals surface area contributed by atoms with Crippen molar-refractivity contribution < 1.29 is 9.90 Å². The number of hydrogen-bond acceptors (Lipinski definition) is 1. The molecule has 0 saturated carbocycles. The summed E-state index contributed by atoms with van der Waals surface area (Å²) in [7, 11) is 0. The van der Waals surface area contributed by atoms with Gasteiger partial charge in [-0.25, -0.2) is 4.79 Å². The summed E-state index contributed by atoms with van der Waals surface area (Å²) < 4.78 is 0. The van der Waals surface area contributed by atoms with E-state index in [9.17, 15) is 9.90 Å². The monoisotopic (exact) mass is 460 g/mol. The average Bonchev–Trinajstić information content (AvgIpc) is 2.81. The SMILES string of the molecule is CCCCCCCCC(C=Cc1ccc(C(=O)O)cc1)c1ccc2c(c1)C(C)(C)CCC2(C)C. The second-order valence-corrected chi connectivity index (χ2v) is 11.5. The van der Waals surface area contributed by atoms with Crippen LogP contribution in [0, 0.1) is 0 Å². The molecule has 0 aromatic heterocycles. The number of carboxylic acid groups (broad SMARTS) is 1. The van der Waals surface area contributed by atoms with Gasteiger partial charge in [0.2, 0.25) is 0 Å². The zero-order valence-electron chi connectivity index (χ0n) is 22.0. The van der Waals surface area contributed by atoms with Crippen molar-refractivity contribution in [3.8, 4) is 0 Å². The number of carbonyl (C=O) groups is 1. The highest BCUT2D eigenvalue weighted by Gasteiger charge is 2.37. The molecule has 0 saturated heterocycles. The van der Waals surface area contributed by atoms with Crippen molar-refractivity contribution in [3.63, 3.8) is 0 Å². The van der Waals surface area contributed by atoms with E-state index in [1.54, 1.807) is 12.1 Å². The predicted molar refractivity (Wildman–Crippen MR) is 145 cm³/mol. The molecule has 1 N–H and O–H groups in total. The van der Waals surface area contributed by atoms with Gasteiger partial charge in [-0.3, -0.25) is 0 Å². The molecule has 0 aliphatic heterocycles. The van der Waals surface area contributed by atoms with Crippen LogP contribution in [0.15, 0.2) is 48.5 Å². The number of unbranched alkanes of at least 4 members (excludes halogenated alkanes) is 5. The van der Waals surface area contributed by atoms with E-state index in [0.717, 1.165) is 12.0 Å². The molecule has 2 nitrogen and oxygen atoms in total. The maximum Gasteiger partial charge on any atom is 0.335 e. The molecule has 3 rings (SSSR count). The number of allylic oxidation sites excluding steroid dienone is 1. The van der Waals surface area contributed by atoms with Crippen molar-refractivity contribution >= 4 is 12.0 Å². The molecular formula is C32H44O2. The van der Waals surface area contributed by atoms with E-state index >= 15 is 0 Å². The lowest BCUT2D eigenvalue weighted by Crippen LogP contribution is -2.34. The lowest BCUT2D eigenvalue weighted by atomic mass is 9.62. The smallest absolute Gasteiger partial charge is 0.335 e. The van der Waals surface area contributed by atoms with Gasteiger partial charge < -0.3 is 5.11 Å². The van der Waals surface area contributed by atoms with Gasteiger partial charge in [0.1, 0.15) is 0 Å². The number of fused-ring (bicyclic) bond motifs is 1. The standard InChI is InChI=1S/C32H44O2/c1-6-7-8-9-10-11-12-25(16-13-24-14-17-26(18-15-24)30(33)34)27-19-20-28-29(23-27)32(4,5)22-21-31(28,2)3/h13-20,23,25H,6-12,21-22H2,1-5H3,(H,33,34). The summed E-state index contributed by atoms with van der Waals surface area (Å²) in [4.78, 5) is 11.2. The Bertz CT molecular complexity index is 979. The fourth-order valence-corrected chi connectivity index (χ4v) is 5.32. The van der Waals surface area contributed by atoms with E-state index in [2.05, 4.69) is 65.0 Å². The Morgan fingerprint density at radius 1 is 0.882 bits per heavy atom. The van der Waals surface area contributed by atoms with Crippen molar-refractivity contribution in [1.29, 1.82) is 0 Å². The molecule has 2 aromatic rings. The molecule has 1 unspecified atom stereocenters. The Morgan fingerprint density at radius 3 is 2.15 bits per heavy atom. The summed E-state index contributed by atoms with van der Waals surface area (Å²) in [6.45, 7) is 11.8. The molecular weight excluding hydrogens is 416 g/mol. The first kappa shape index (κ1) is 26.3. The van der Waals surface area contributed by atoms with Gasteiger partial charge in [0.15, 0.2) is 0 Å². The van der Waals surface area contributed by atoms with Crippen molar-refractivity contribution in [3.05, 3.63) is 76.4 Å². The summed E-state index contributed by atoms with van der Waals surface area (Å²) in [5.74, 6) is -0.507. The molecule has 2 aromatic carbocycles. The number of hydrogen-bond donors (Lipinski definition) is 1. The molecule has 1 aliphatic rings. The van der Waals surface area contributed by atoms with Crippen LogP contribution in [-0.2, 0) is 10.8 Å². The molecule has 0 radical (unpaired) electrons. The van der Waals surface area contributed by atoms with Crippen LogP contribution in [0.3, 0.4) is 0 Å². The maximum atomic E-state index is 11.2. The summed E-state index contributed by atoms with van der Waals surface area (Å²) in [6.07, 6.45) is 15.9. The third-order valence-corrected chi connectivity index (χ3v) is 7.85. The van der Waals surface area contributed by atoms with Gasteiger partial charge in [0.05, 0.1) is 5.56 Å². The number of carboxylic acids is 1. The van der Waals surface area contributed by atoms with Gasteiger partial charge in [0.25, 0.3) is 0 Å². The third kappa shape index (κ3) is 6.62. The molecule has 0 spiro atoms. The van der Waals surface area contributed by atoms with Gasteiger partial charge in [0, 0.05) is 5.92 Å². The lowest BCUT2D eigenvalue weighted by molar-refractivity contribution is 0.0697. The fourth-order valence-electron chi connectivity index (χ4n) is 5.32. The van der Waals surface area contributed by atoms with Crippen molar-refractivity contribution in [2.24, 2.45) is 0 Å². The van der Waals surface area contributed by atoms with Crippen LogP contribution in [-0.4, -0.2) is 11.1 Å². The normalized spacial score (nSPS) is 17.4. The Balaban J connectivity index is 1.85. The second kappa shape index (κ2) is 11.4. The molecule has 1 atom stereocenters. The zero-order valence-corrected chi connectivity index (χ0v) is 22.0. The van der Waals surface area contributed by atoms with Gasteiger partial charge >= 0.3 is 5.97 Å². The molecule has 0 bridgehead atoms. The van der Waals surface area contributed by atoms with Gasteiger partial charge in [-0.05, 0) is 64.5 Å². The summed E-state index contributed by atoms with van der Waals surface area (Å²) in [6, 6.07) is 14.4. The van der Waals surface area contributed by atoms with Crippen LogP contribution in [0.25, 0.3) is 6.08 Å². The minimum Gasteiger partial charge on any atom is -0.478 e. The third-order valence-electron chi connectivity index (χ3n) is 7.85. The van der Waals surface area contributed by atoms with E-state index in [4.69, 9.17) is 0 Å². The first-order valence-corrected chi connectivity index (χ1v) is 13.3. The highest BCUT2D eigenvalue weighted by Crippen LogP contribution is 2.46. The largest absolute Gasteiger partial charge is 0.478 e. The molecule has 0 amide bonds. The second-order valence-electron chi connectivity index (χ2n) is 11.5. The average molecular weight is 461 g/mol. The highest BCUT2D eigenvalue weighted by molar-refractivity contribution is 5.87. The van der Waals surface area contributed by atoms with E-state index in [1.165, 1.54) is 68.1 Å². The molecule has 1 aliphatic carbocycles. The Morgan fingerprint density at radius 2 is 1.50 bits per heavy atom. The molecule has 34 heavy (non-hydrogen) atoms. The minimum atomic E-state index is -0.879. The summed E-state index contributed by atoms with van der Waals surface area (Å²) in [5, 5.41) is 9.17. The lowest BCUT2D eigenvalue weighted by Gasteiger charge is -2.42. The van der Waals surface area contributed by atoms with Crippen LogP contribution in [0.2, 0.25) is 0 Å². The van der Waals surface area contributed by atoms with E-state index in [0.29, 0.717) is 11.5 Å². The molecule has 2 heteroatoms. The maximum absolute atomic E-state index is 11.2. The van der Waals surface area contributed by atoms with E-state index in [-0.39, 0.29) is 10.8 Å². The fraction of sp³-hybridized carbons (Fsp3) is 0.531. The number of benzene rings is 2. The van der Waals surface area contributed by atoms with Crippen LogP contribution in [0.5, 0.6) is 0 Å². The first-order valence-electron chi connectivity index (χ1n) is 13.3. The zero-order chi connectivity index (χ0) is 24.8. The van der Waals surface area contributed by atoms with Gasteiger partial charge in [-0.15, -0.1) is 0 Å². The highest BCUT2D eigenvalue weighted by atomic mass is 16.4. The summed E-state index contributed by atoms with van der Waals surface area (Å²) in [5.41, 5.74) is 6.28. The van der Waals surface area contributed by atoms with Gasteiger partial charge in [-0.1, -0.05) is 116 Å². The van der Waals surface area contributed by atoms with Crippen LogP contribution in [0.1, 0.15) is 131 Å². The Kier molecular flexibility index (Phi) is 8.79. The topological polar surface area (TPSA) is 37.3 Å². The van der Waals surface area contributed by atoms with Crippen LogP contribution in [0.4, 0.5) is 0 Å². The van der Waals surface area contributed by atoms with Crippen LogP contribution >= 0.6 is 0 Å². The number of aromatic carboxylic acids is 1. The quantitative estimate of drug-likeness (QED) is 0.339. The van der Waals surface area contributed by atoms with E-state index < -0.39 is 5.97 Å². The van der Waals surface area contributed by atoms with Crippen molar-refractivity contribution in [2.45, 2.75) is 109 Å². The number of rotatable bonds is 11. The summed E-state index contributed by atoms with van der Waals surface area (Å²) >= 11 is 0. The first-order chi connectivity index (χ1) is 16.1. The Labute approximate surface area is 207 Å². The predicted octanol–water partition coefficient (Wildman–Crippen LogP) is 9.28. The van der Waals surface area contributed by atoms with Crippen molar-refractivity contribution in [1.82, 2.24) is 0 Å². The van der Waals surface area contributed by atoms with Crippen LogP contribution < -0.4 is 0 Å². The van der Waals surface area contributed by atoms with Gasteiger partial charge in [-0.2, -0.15) is 0 Å². The molecule has 0 fully saturated rings.